The number of benzene rings is 2. The van der Waals surface area contributed by atoms with Gasteiger partial charge in [-0.2, -0.15) is 5.26 Å². The summed E-state index contributed by atoms with van der Waals surface area (Å²) in [6.45, 7) is 0.859. The summed E-state index contributed by atoms with van der Waals surface area (Å²) in [5.74, 6) is 0. The molecule has 0 spiro atoms. The van der Waals surface area contributed by atoms with Crippen molar-refractivity contribution in [1.29, 1.82) is 5.26 Å². The molecule has 0 aliphatic heterocycles. The van der Waals surface area contributed by atoms with E-state index < -0.39 is 0 Å². The van der Waals surface area contributed by atoms with E-state index in [0.29, 0.717) is 18.7 Å². The van der Waals surface area contributed by atoms with Crippen molar-refractivity contribution >= 4 is 16.9 Å². The first-order valence-electron chi connectivity index (χ1n) is 7.32. The van der Waals surface area contributed by atoms with Gasteiger partial charge in [-0.05, 0) is 35.2 Å². The first-order valence-corrected chi connectivity index (χ1v) is 7.32. The zero-order valence-electron chi connectivity index (χ0n) is 12.5. The highest BCUT2D eigenvalue weighted by Crippen LogP contribution is 2.14. The van der Waals surface area contributed by atoms with Crippen LogP contribution in [0.5, 0.6) is 0 Å². The normalized spacial score (nSPS) is 10.2. The fourth-order valence-corrected chi connectivity index (χ4v) is 2.35. The first-order chi connectivity index (χ1) is 11.2. The van der Waals surface area contributed by atoms with E-state index in [4.69, 9.17) is 5.26 Å². The lowest BCUT2D eigenvalue weighted by molar-refractivity contribution is 0.240. The minimum Gasteiger partial charge on any atom is -0.357 e. The number of H-pyrrole nitrogens is 1. The highest BCUT2D eigenvalue weighted by atomic mass is 16.2. The number of amides is 2. The van der Waals surface area contributed by atoms with E-state index >= 15 is 0 Å². The molecule has 2 amide bonds. The highest BCUT2D eigenvalue weighted by Gasteiger charge is 2.03. The zero-order chi connectivity index (χ0) is 16.1. The minimum absolute atomic E-state index is 0.229. The summed E-state index contributed by atoms with van der Waals surface area (Å²) in [5.41, 5.74) is 3.57. The van der Waals surface area contributed by atoms with Crippen LogP contribution in [0.4, 0.5) is 4.79 Å². The largest absolute Gasteiger partial charge is 0.357 e. The van der Waals surface area contributed by atoms with Gasteiger partial charge in [0.05, 0.1) is 18.2 Å². The number of nitrogens with one attached hydrogen (secondary N) is 3. The summed E-state index contributed by atoms with van der Waals surface area (Å²) in [5, 5.41) is 15.5. The average molecular weight is 304 g/mol. The molecule has 5 nitrogen and oxygen atoms in total. The Morgan fingerprint density at radius 3 is 2.52 bits per heavy atom. The van der Waals surface area contributed by atoms with Crippen LogP contribution in [0.1, 0.15) is 16.8 Å². The summed E-state index contributed by atoms with van der Waals surface area (Å²) < 4.78 is 0. The fraction of sp³-hybridized carbons (Fsp3) is 0.111. The molecule has 5 heteroatoms. The third-order valence-corrected chi connectivity index (χ3v) is 3.56. The third kappa shape index (κ3) is 3.69. The number of hydrogen-bond acceptors (Lipinski definition) is 2. The predicted molar refractivity (Wildman–Crippen MR) is 88.5 cm³/mol. The molecule has 114 valence electrons. The monoisotopic (exact) mass is 304 g/mol. The SMILES string of the molecule is N#Cc1ccc(CNC(=O)NCc2cc3ccccc3[nH]2)cc1. The molecule has 3 rings (SSSR count). The van der Waals surface area contributed by atoms with E-state index in [9.17, 15) is 4.79 Å². The van der Waals surface area contributed by atoms with Gasteiger partial charge in [-0.25, -0.2) is 4.79 Å². The van der Waals surface area contributed by atoms with Gasteiger partial charge in [-0.3, -0.25) is 0 Å². The van der Waals surface area contributed by atoms with E-state index in [2.05, 4.69) is 21.7 Å². The second kappa shape index (κ2) is 6.67. The Labute approximate surface area is 133 Å². The van der Waals surface area contributed by atoms with Crippen LogP contribution in [0.25, 0.3) is 10.9 Å². The number of hydrogen-bond donors (Lipinski definition) is 3. The second-order valence-electron chi connectivity index (χ2n) is 5.23. The molecule has 1 aromatic heterocycles. The van der Waals surface area contributed by atoms with E-state index in [-0.39, 0.29) is 6.03 Å². The van der Waals surface area contributed by atoms with Crippen molar-refractivity contribution in [3.05, 3.63) is 71.4 Å². The molecule has 2 aromatic carbocycles. The number of aromatic nitrogens is 1. The summed E-state index contributed by atoms with van der Waals surface area (Å²) in [7, 11) is 0. The molecule has 3 N–H and O–H groups in total. The number of carbonyl (C=O) groups excluding carboxylic acids is 1. The van der Waals surface area contributed by atoms with E-state index in [0.717, 1.165) is 22.2 Å². The molecule has 1 heterocycles. The highest BCUT2D eigenvalue weighted by molar-refractivity contribution is 5.80. The fourth-order valence-electron chi connectivity index (χ4n) is 2.35. The van der Waals surface area contributed by atoms with Crippen LogP contribution in [0.3, 0.4) is 0 Å². The maximum absolute atomic E-state index is 11.8. The van der Waals surface area contributed by atoms with Crippen LogP contribution in [-0.4, -0.2) is 11.0 Å². The molecule has 0 unspecified atom stereocenters. The Morgan fingerprint density at radius 2 is 1.78 bits per heavy atom. The van der Waals surface area contributed by atoms with Gasteiger partial charge in [0, 0.05) is 17.8 Å². The van der Waals surface area contributed by atoms with Crippen molar-refractivity contribution < 1.29 is 4.79 Å². The maximum atomic E-state index is 11.8. The lowest BCUT2D eigenvalue weighted by atomic mass is 10.1. The minimum atomic E-state index is -0.229. The average Bonchev–Trinajstić information content (AvgIpc) is 3.01. The number of aromatic amines is 1. The summed E-state index contributed by atoms with van der Waals surface area (Å²) in [4.78, 5) is 15.1. The molecule has 23 heavy (non-hydrogen) atoms. The Kier molecular flexibility index (Phi) is 4.25. The lowest BCUT2D eigenvalue weighted by Crippen LogP contribution is -2.34. The number of rotatable bonds is 4. The quantitative estimate of drug-likeness (QED) is 0.692. The van der Waals surface area contributed by atoms with Gasteiger partial charge < -0.3 is 15.6 Å². The van der Waals surface area contributed by atoms with Crippen molar-refractivity contribution in [2.45, 2.75) is 13.1 Å². The third-order valence-electron chi connectivity index (χ3n) is 3.56. The molecule has 0 atom stereocenters. The molecule has 0 bridgehead atoms. The summed E-state index contributed by atoms with van der Waals surface area (Å²) in [6, 6.07) is 19.0. The molecule has 0 saturated heterocycles. The van der Waals surface area contributed by atoms with Gasteiger partial charge in [0.25, 0.3) is 0 Å². The zero-order valence-corrected chi connectivity index (χ0v) is 12.5. The number of carbonyl (C=O) groups is 1. The van der Waals surface area contributed by atoms with Crippen LogP contribution >= 0.6 is 0 Å². The molecule has 0 saturated carbocycles. The smallest absolute Gasteiger partial charge is 0.315 e. The van der Waals surface area contributed by atoms with E-state index in [1.54, 1.807) is 12.1 Å². The van der Waals surface area contributed by atoms with Crippen LogP contribution in [-0.2, 0) is 13.1 Å². The second-order valence-corrected chi connectivity index (χ2v) is 5.23. The molecular weight excluding hydrogens is 288 g/mol. The molecule has 0 fully saturated rings. The van der Waals surface area contributed by atoms with Crippen molar-refractivity contribution in [3.63, 3.8) is 0 Å². The maximum Gasteiger partial charge on any atom is 0.315 e. The number of nitrogens with zero attached hydrogens (tertiary/aromatic N) is 1. The van der Waals surface area contributed by atoms with Crippen molar-refractivity contribution in [1.82, 2.24) is 15.6 Å². The van der Waals surface area contributed by atoms with E-state index in [1.165, 1.54) is 0 Å². The van der Waals surface area contributed by atoms with Crippen LogP contribution in [0.2, 0.25) is 0 Å². The van der Waals surface area contributed by atoms with Crippen molar-refractivity contribution in [2.24, 2.45) is 0 Å². The van der Waals surface area contributed by atoms with Gasteiger partial charge in [-0.15, -0.1) is 0 Å². The molecule has 0 aliphatic carbocycles. The molecular formula is C18H16N4O. The molecule has 0 radical (unpaired) electrons. The van der Waals surface area contributed by atoms with Crippen LogP contribution in [0, 0.1) is 11.3 Å². The summed E-state index contributed by atoms with van der Waals surface area (Å²) >= 11 is 0. The first kappa shape index (κ1) is 14.7. The molecule has 0 aliphatic rings. The number of fused-ring (bicyclic) bond motifs is 1. The van der Waals surface area contributed by atoms with Gasteiger partial charge in [-0.1, -0.05) is 30.3 Å². The van der Waals surface area contributed by atoms with Gasteiger partial charge in [0.15, 0.2) is 0 Å². The number of nitriles is 1. The standard InChI is InChI=1S/C18H16N4O/c19-10-13-5-7-14(8-6-13)11-20-18(23)21-12-16-9-15-3-1-2-4-17(15)22-16/h1-9,22H,11-12H2,(H2,20,21,23). The molecule has 3 aromatic rings. The van der Waals surface area contributed by atoms with Crippen molar-refractivity contribution in [3.8, 4) is 6.07 Å². The summed E-state index contributed by atoms with van der Waals surface area (Å²) in [6.07, 6.45) is 0. The lowest BCUT2D eigenvalue weighted by Gasteiger charge is -2.07. The van der Waals surface area contributed by atoms with Crippen LogP contribution < -0.4 is 10.6 Å². The van der Waals surface area contributed by atoms with Gasteiger partial charge in [0.2, 0.25) is 0 Å². The Hall–Kier alpha value is -3.26. The Bertz CT molecular complexity index is 826. The number of para-hydroxylation sites is 1. The van der Waals surface area contributed by atoms with E-state index in [1.807, 2.05) is 42.5 Å². The van der Waals surface area contributed by atoms with Gasteiger partial charge >= 0.3 is 6.03 Å². The Morgan fingerprint density at radius 1 is 1.04 bits per heavy atom. The Balaban J connectivity index is 1.50. The number of urea groups is 1. The topological polar surface area (TPSA) is 80.7 Å². The van der Waals surface area contributed by atoms with Crippen molar-refractivity contribution in [2.75, 3.05) is 0 Å². The van der Waals surface area contributed by atoms with Crippen LogP contribution in [0.15, 0.2) is 54.6 Å². The van der Waals surface area contributed by atoms with Gasteiger partial charge in [0.1, 0.15) is 0 Å². The predicted octanol–water partition coefficient (Wildman–Crippen LogP) is 3.04.